The maximum atomic E-state index is 13.3. The van der Waals surface area contributed by atoms with Crippen LogP contribution in [0.3, 0.4) is 0 Å². The number of carbonyl (C=O) groups excluding carboxylic acids is 2. The Balaban J connectivity index is 1.73. The molecule has 2 heterocycles. The van der Waals surface area contributed by atoms with Gasteiger partial charge in [0.15, 0.2) is 0 Å². The fourth-order valence-corrected chi connectivity index (χ4v) is 4.45. The number of hydrogen-bond acceptors (Lipinski definition) is 3. The van der Waals surface area contributed by atoms with Crippen LogP contribution in [0, 0.1) is 0 Å². The molecule has 2 saturated heterocycles. The minimum Gasteiger partial charge on any atom is -0.338 e. The molecule has 28 heavy (non-hydrogen) atoms. The van der Waals surface area contributed by atoms with Crippen LogP contribution < -0.4 is 10.6 Å². The van der Waals surface area contributed by atoms with Gasteiger partial charge in [-0.05, 0) is 31.7 Å². The molecule has 0 aromatic heterocycles. The summed E-state index contributed by atoms with van der Waals surface area (Å²) in [5.74, 6) is 0.196. The molecule has 0 radical (unpaired) electrons. The van der Waals surface area contributed by atoms with Gasteiger partial charge in [0.2, 0.25) is 5.91 Å². The summed E-state index contributed by atoms with van der Waals surface area (Å²) in [6.07, 6.45) is 4.10. The van der Waals surface area contributed by atoms with Crippen molar-refractivity contribution < 1.29 is 9.59 Å². The van der Waals surface area contributed by atoms with E-state index < -0.39 is 0 Å². The van der Waals surface area contributed by atoms with Gasteiger partial charge in [0.05, 0.1) is 11.7 Å². The zero-order valence-corrected chi connectivity index (χ0v) is 17.4. The Labute approximate surface area is 168 Å². The minimum absolute atomic E-state index is 0.0111. The van der Waals surface area contributed by atoms with Crippen molar-refractivity contribution >= 4 is 11.9 Å². The molecular weight excluding hydrogens is 352 g/mol. The van der Waals surface area contributed by atoms with Gasteiger partial charge in [-0.15, -0.1) is 0 Å². The third-order valence-electron chi connectivity index (χ3n) is 6.16. The number of nitrogens with zero attached hydrogens (tertiary/aromatic N) is 2. The molecule has 2 N–H and O–H groups in total. The van der Waals surface area contributed by atoms with Crippen LogP contribution in [0.15, 0.2) is 30.3 Å². The van der Waals surface area contributed by atoms with Gasteiger partial charge in [0.25, 0.3) is 0 Å². The number of hydrogen-bond donors (Lipinski definition) is 2. The maximum Gasteiger partial charge on any atom is 0.317 e. The van der Waals surface area contributed by atoms with E-state index in [0.717, 1.165) is 25.7 Å². The molecule has 2 atom stereocenters. The number of carbonyl (C=O) groups is 2. The smallest absolute Gasteiger partial charge is 0.317 e. The van der Waals surface area contributed by atoms with Crippen molar-refractivity contribution in [3.63, 3.8) is 0 Å². The number of nitrogens with one attached hydrogen (secondary N) is 2. The molecule has 154 valence electrons. The number of amides is 3. The van der Waals surface area contributed by atoms with Gasteiger partial charge in [-0.1, -0.05) is 44.2 Å². The number of rotatable bonds is 6. The lowest BCUT2D eigenvalue weighted by Crippen LogP contribution is -2.62. The first-order valence-electron chi connectivity index (χ1n) is 10.7. The highest BCUT2D eigenvalue weighted by Gasteiger charge is 2.52. The standard InChI is InChI=1S/C22H34N4O2/c1-4-13-23-21(28)25-14-11-22(12-15-25)24-19(16-18-9-7-6-8-10-18)20(27)26(22)17(3)5-2/h6-10,17,19,24H,4-5,11-16H2,1-3H3,(H,23,28)/t17-,19-/m0/s1. The van der Waals surface area contributed by atoms with Crippen molar-refractivity contribution in [3.05, 3.63) is 35.9 Å². The molecule has 3 rings (SSSR count). The SMILES string of the molecule is CCCNC(=O)N1CCC2(CC1)N[C@@H](Cc1ccccc1)C(=O)N2[C@@H](C)CC. The molecule has 6 nitrogen and oxygen atoms in total. The Morgan fingerprint density at radius 1 is 1.25 bits per heavy atom. The summed E-state index contributed by atoms with van der Waals surface area (Å²) in [6.45, 7) is 8.35. The van der Waals surface area contributed by atoms with E-state index in [-0.39, 0.29) is 29.7 Å². The van der Waals surface area contributed by atoms with Crippen molar-refractivity contribution in [1.29, 1.82) is 0 Å². The molecule has 2 aliphatic rings. The molecular formula is C22H34N4O2. The third kappa shape index (κ3) is 4.17. The first-order valence-corrected chi connectivity index (χ1v) is 10.7. The van der Waals surface area contributed by atoms with E-state index in [1.54, 1.807) is 0 Å². The van der Waals surface area contributed by atoms with Crippen molar-refractivity contribution in [3.8, 4) is 0 Å². The van der Waals surface area contributed by atoms with Crippen LogP contribution in [-0.4, -0.2) is 59.1 Å². The van der Waals surface area contributed by atoms with E-state index in [1.807, 2.05) is 23.1 Å². The van der Waals surface area contributed by atoms with Crippen LogP contribution in [-0.2, 0) is 11.2 Å². The summed E-state index contributed by atoms with van der Waals surface area (Å²) in [6, 6.07) is 10.2. The Morgan fingerprint density at radius 2 is 1.93 bits per heavy atom. The summed E-state index contributed by atoms with van der Waals surface area (Å²) < 4.78 is 0. The number of likely N-dealkylation sites (tertiary alicyclic amines) is 1. The zero-order chi connectivity index (χ0) is 20.1. The van der Waals surface area contributed by atoms with Gasteiger partial charge < -0.3 is 15.1 Å². The lowest BCUT2D eigenvalue weighted by Gasteiger charge is -2.46. The quantitative estimate of drug-likeness (QED) is 0.790. The first kappa shape index (κ1) is 20.6. The van der Waals surface area contributed by atoms with Crippen LogP contribution in [0.5, 0.6) is 0 Å². The van der Waals surface area contributed by atoms with Crippen molar-refractivity contribution in [2.45, 2.75) is 70.6 Å². The maximum absolute atomic E-state index is 13.3. The molecule has 1 spiro atoms. The second-order valence-electron chi connectivity index (χ2n) is 8.10. The molecule has 1 aromatic carbocycles. The molecule has 0 unspecified atom stereocenters. The molecule has 2 fully saturated rings. The summed E-state index contributed by atoms with van der Waals surface area (Å²) in [5.41, 5.74) is 0.832. The molecule has 6 heteroatoms. The minimum atomic E-state index is -0.340. The number of benzene rings is 1. The van der Waals surface area contributed by atoms with Crippen LogP contribution in [0.25, 0.3) is 0 Å². The van der Waals surface area contributed by atoms with E-state index >= 15 is 0 Å². The van der Waals surface area contributed by atoms with Crippen molar-refractivity contribution in [1.82, 2.24) is 20.4 Å². The number of urea groups is 1. The average molecular weight is 387 g/mol. The fourth-order valence-electron chi connectivity index (χ4n) is 4.45. The average Bonchev–Trinajstić information content (AvgIpc) is 2.97. The Kier molecular flexibility index (Phi) is 6.60. The van der Waals surface area contributed by atoms with Crippen LogP contribution >= 0.6 is 0 Å². The van der Waals surface area contributed by atoms with E-state index in [9.17, 15) is 9.59 Å². The molecule has 0 bridgehead atoms. The summed E-state index contributed by atoms with van der Waals surface area (Å²) in [5, 5.41) is 6.65. The summed E-state index contributed by atoms with van der Waals surface area (Å²) >= 11 is 0. The Morgan fingerprint density at radius 3 is 2.54 bits per heavy atom. The van der Waals surface area contributed by atoms with Gasteiger partial charge in [-0.3, -0.25) is 10.1 Å². The van der Waals surface area contributed by atoms with Gasteiger partial charge >= 0.3 is 6.03 Å². The topological polar surface area (TPSA) is 64.7 Å². The van der Waals surface area contributed by atoms with Crippen molar-refractivity contribution in [2.24, 2.45) is 0 Å². The molecule has 1 aromatic rings. The highest BCUT2D eigenvalue weighted by Crippen LogP contribution is 2.35. The van der Waals surface area contributed by atoms with E-state index in [2.05, 4.69) is 48.4 Å². The molecule has 3 amide bonds. The second kappa shape index (κ2) is 8.95. The Bertz CT molecular complexity index is 670. The first-order chi connectivity index (χ1) is 13.5. The summed E-state index contributed by atoms with van der Waals surface area (Å²) in [4.78, 5) is 29.6. The Hall–Kier alpha value is -2.08. The largest absolute Gasteiger partial charge is 0.338 e. The zero-order valence-electron chi connectivity index (χ0n) is 17.4. The summed E-state index contributed by atoms with van der Waals surface area (Å²) in [7, 11) is 0. The van der Waals surface area contributed by atoms with Crippen LogP contribution in [0.2, 0.25) is 0 Å². The lowest BCUT2D eigenvalue weighted by molar-refractivity contribution is -0.136. The predicted molar refractivity (Wildman–Crippen MR) is 111 cm³/mol. The highest BCUT2D eigenvalue weighted by molar-refractivity contribution is 5.86. The second-order valence-corrected chi connectivity index (χ2v) is 8.10. The fraction of sp³-hybridized carbons (Fsp3) is 0.636. The van der Waals surface area contributed by atoms with Gasteiger partial charge in [-0.25, -0.2) is 4.79 Å². The molecule has 0 saturated carbocycles. The molecule has 0 aliphatic carbocycles. The van der Waals surface area contributed by atoms with E-state index in [4.69, 9.17) is 0 Å². The van der Waals surface area contributed by atoms with Gasteiger partial charge in [0, 0.05) is 38.5 Å². The predicted octanol–water partition coefficient (Wildman–Crippen LogP) is 2.74. The number of piperidine rings is 1. The molecule has 2 aliphatic heterocycles. The van der Waals surface area contributed by atoms with E-state index in [0.29, 0.717) is 26.1 Å². The third-order valence-corrected chi connectivity index (χ3v) is 6.16. The van der Waals surface area contributed by atoms with Gasteiger partial charge in [-0.2, -0.15) is 0 Å². The normalized spacial score (nSPS) is 22.5. The van der Waals surface area contributed by atoms with Crippen LogP contribution in [0.4, 0.5) is 4.79 Å². The van der Waals surface area contributed by atoms with Gasteiger partial charge in [0.1, 0.15) is 0 Å². The monoisotopic (exact) mass is 386 g/mol. The highest BCUT2D eigenvalue weighted by atomic mass is 16.2. The lowest BCUT2D eigenvalue weighted by atomic mass is 9.94. The van der Waals surface area contributed by atoms with Crippen LogP contribution in [0.1, 0.15) is 52.0 Å². The van der Waals surface area contributed by atoms with E-state index in [1.165, 1.54) is 5.56 Å². The van der Waals surface area contributed by atoms with Crippen molar-refractivity contribution in [2.75, 3.05) is 19.6 Å².